The number of guanidine groups is 1. The van der Waals surface area contributed by atoms with E-state index in [4.69, 9.17) is 4.74 Å². The average Bonchev–Trinajstić information content (AvgIpc) is 2.34. The van der Waals surface area contributed by atoms with Gasteiger partial charge in [-0.1, -0.05) is 20.3 Å². The van der Waals surface area contributed by atoms with Crippen molar-refractivity contribution in [2.45, 2.75) is 46.5 Å². The zero-order valence-corrected chi connectivity index (χ0v) is 14.5. The lowest BCUT2D eigenvalue weighted by Gasteiger charge is -2.11. The number of rotatable bonds is 10. The van der Waals surface area contributed by atoms with E-state index in [-0.39, 0.29) is 24.0 Å². The van der Waals surface area contributed by atoms with Crippen molar-refractivity contribution < 1.29 is 4.74 Å². The van der Waals surface area contributed by atoms with Crippen LogP contribution in [0.2, 0.25) is 0 Å². The van der Waals surface area contributed by atoms with E-state index in [1.807, 2.05) is 0 Å². The maximum Gasteiger partial charge on any atom is 0.191 e. The molecule has 0 aromatic rings. The predicted octanol–water partition coefficient (Wildman–Crippen LogP) is 2.78. The number of unbranched alkanes of at least 4 members (excludes halogenated alkanes) is 1. The molecule has 0 aliphatic heterocycles. The Balaban J connectivity index is 0. The Kier molecular flexibility index (Phi) is 19.1. The van der Waals surface area contributed by atoms with Gasteiger partial charge in [0.25, 0.3) is 0 Å². The first-order chi connectivity index (χ1) is 8.35. The van der Waals surface area contributed by atoms with E-state index < -0.39 is 0 Å². The van der Waals surface area contributed by atoms with Gasteiger partial charge in [-0.3, -0.25) is 4.99 Å². The van der Waals surface area contributed by atoms with Gasteiger partial charge in [0.15, 0.2) is 5.96 Å². The highest BCUT2D eigenvalue weighted by Gasteiger charge is 1.95. The Bertz CT molecular complexity index is 189. The van der Waals surface area contributed by atoms with Crippen molar-refractivity contribution in [3.05, 3.63) is 0 Å². The molecule has 0 rings (SSSR count). The molecule has 0 saturated heterocycles. The summed E-state index contributed by atoms with van der Waals surface area (Å²) in [6.07, 6.45) is 4.47. The standard InChI is InChI=1S/C13H29N3O.HI/c1-4-7-11-17-12-8-10-16-13(14-6-3)15-9-5-2;/h4-12H2,1-3H3,(H2,14,15,16);1H. The van der Waals surface area contributed by atoms with Crippen LogP contribution in [0.4, 0.5) is 0 Å². The van der Waals surface area contributed by atoms with E-state index in [1.54, 1.807) is 0 Å². The Morgan fingerprint density at radius 2 is 1.72 bits per heavy atom. The van der Waals surface area contributed by atoms with Crippen molar-refractivity contribution in [2.75, 3.05) is 32.8 Å². The van der Waals surface area contributed by atoms with Gasteiger partial charge in [0, 0.05) is 32.8 Å². The van der Waals surface area contributed by atoms with Gasteiger partial charge >= 0.3 is 0 Å². The first-order valence-corrected chi connectivity index (χ1v) is 6.95. The molecule has 0 radical (unpaired) electrons. The van der Waals surface area contributed by atoms with Gasteiger partial charge in [-0.2, -0.15) is 0 Å². The zero-order valence-electron chi connectivity index (χ0n) is 12.1. The second-order valence-electron chi connectivity index (χ2n) is 4.01. The summed E-state index contributed by atoms with van der Waals surface area (Å²) in [5, 5.41) is 6.53. The minimum absolute atomic E-state index is 0. The fraction of sp³-hybridized carbons (Fsp3) is 0.923. The summed E-state index contributed by atoms with van der Waals surface area (Å²) in [4.78, 5) is 4.43. The minimum Gasteiger partial charge on any atom is -0.381 e. The molecule has 0 spiro atoms. The van der Waals surface area contributed by atoms with Crippen LogP contribution >= 0.6 is 24.0 Å². The molecule has 0 aliphatic rings. The van der Waals surface area contributed by atoms with E-state index >= 15 is 0 Å². The maximum atomic E-state index is 5.50. The van der Waals surface area contributed by atoms with Crippen LogP contribution in [0.15, 0.2) is 4.99 Å². The summed E-state index contributed by atoms with van der Waals surface area (Å²) in [5.74, 6) is 0.919. The largest absolute Gasteiger partial charge is 0.381 e. The van der Waals surface area contributed by atoms with Crippen molar-refractivity contribution in [1.82, 2.24) is 10.6 Å². The molecule has 5 heteroatoms. The Morgan fingerprint density at radius 1 is 1.00 bits per heavy atom. The number of ether oxygens (including phenoxy) is 1. The number of halogens is 1. The minimum atomic E-state index is 0. The van der Waals surface area contributed by atoms with Gasteiger partial charge in [0.2, 0.25) is 0 Å². The van der Waals surface area contributed by atoms with E-state index in [0.717, 1.165) is 58.1 Å². The van der Waals surface area contributed by atoms with Gasteiger partial charge in [0.1, 0.15) is 0 Å². The van der Waals surface area contributed by atoms with Gasteiger partial charge < -0.3 is 15.4 Å². The van der Waals surface area contributed by atoms with Crippen LogP contribution in [0.1, 0.15) is 46.5 Å². The molecule has 0 aliphatic carbocycles. The summed E-state index contributed by atoms with van der Waals surface area (Å²) in [7, 11) is 0. The molecule has 0 heterocycles. The third-order valence-electron chi connectivity index (χ3n) is 2.24. The molecule has 0 saturated carbocycles. The van der Waals surface area contributed by atoms with Crippen LogP contribution in [0.3, 0.4) is 0 Å². The third-order valence-corrected chi connectivity index (χ3v) is 2.24. The summed E-state index contributed by atoms with van der Waals surface area (Å²) in [5.41, 5.74) is 0. The molecule has 0 atom stereocenters. The molecule has 0 amide bonds. The molecular formula is C13H30IN3O. The lowest BCUT2D eigenvalue weighted by molar-refractivity contribution is 0.129. The van der Waals surface area contributed by atoms with Crippen LogP contribution in [-0.4, -0.2) is 38.8 Å². The lowest BCUT2D eigenvalue weighted by atomic mass is 10.4. The Morgan fingerprint density at radius 3 is 2.33 bits per heavy atom. The highest BCUT2D eigenvalue weighted by Crippen LogP contribution is 1.89. The fourth-order valence-electron chi connectivity index (χ4n) is 1.29. The topological polar surface area (TPSA) is 45.6 Å². The zero-order chi connectivity index (χ0) is 12.8. The second kappa shape index (κ2) is 17.0. The van der Waals surface area contributed by atoms with Crippen molar-refractivity contribution in [1.29, 1.82) is 0 Å². The number of aliphatic imine (C=N–C) groups is 1. The molecule has 0 bridgehead atoms. The van der Waals surface area contributed by atoms with Crippen LogP contribution < -0.4 is 10.6 Å². The van der Waals surface area contributed by atoms with Gasteiger partial charge in [-0.25, -0.2) is 0 Å². The van der Waals surface area contributed by atoms with E-state index in [2.05, 4.69) is 36.4 Å². The fourth-order valence-corrected chi connectivity index (χ4v) is 1.29. The van der Waals surface area contributed by atoms with Crippen LogP contribution in [-0.2, 0) is 4.74 Å². The van der Waals surface area contributed by atoms with E-state index in [9.17, 15) is 0 Å². The van der Waals surface area contributed by atoms with Crippen molar-refractivity contribution >= 4 is 29.9 Å². The first-order valence-electron chi connectivity index (χ1n) is 6.95. The van der Waals surface area contributed by atoms with Crippen molar-refractivity contribution in [3.8, 4) is 0 Å². The number of hydrogen-bond donors (Lipinski definition) is 2. The van der Waals surface area contributed by atoms with Gasteiger partial charge in [-0.15, -0.1) is 24.0 Å². The molecule has 2 N–H and O–H groups in total. The lowest BCUT2D eigenvalue weighted by Crippen LogP contribution is -2.38. The highest BCUT2D eigenvalue weighted by molar-refractivity contribution is 14.0. The molecule has 0 aromatic heterocycles. The quantitative estimate of drug-likeness (QED) is 0.269. The molecule has 0 aromatic carbocycles. The predicted molar refractivity (Wildman–Crippen MR) is 90.0 cm³/mol. The van der Waals surface area contributed by atoms with Crippen LogP contribution in [0, 0.1) is 0 Å². The third kappa shape index (κ3) is 14.0. The average molecular weight is 371 g/mol. The summed E-state index contributed by atoms with van der Waals surface area (Å²) < 4.78 is 5.50. The van der Waals surface area contributed by atoms with Gasteiger partial charge in [-0.05, 0) is 26.2 Å². The summed E-state index contributed by atoms with van der Waals surface area (Å²) in [6.45, 7) is 10.8. The van der Waals surface area contributed by atoms with Crippen LogP contribution in [0.25, 0.3) is 0 Å². The van der Waals surface area contributed by atoms with E-state index in [0.29, 0.717) is 0 Å². The summed E-state index contributed by atoms with van der Waals surface area (Å²) >= 11 is 0. The summed E-state index contributed by atoms with van der Waals surface area (Å²) in [6, 6.07) is 0. The maximum absolute atomic E-state index is 5.50. The molecule has 0 unspecified atom stereocenters. The SMILES string of the molecule is CCCCOCCCNC(=NCCC)NCC.I. The number of hydrogen-bond acceptors (Lipinski definition) is 2. The van der Waals surface area contributed by atoms with Crippen molar-refractivity contribution in [2.24, 2.45) is 4.99 Å². The Labute approximate surface area is 129 Å². The Hall–Kier alpha value is -0.0400. The second-order valence-corrected chi connectivity index (χ2v) is 4.01. The van der Waals surface area contributed by atoms with Gasteiger partial charge in [0.05, 0.1) is 0 Å². The smallest absolute Gasteiger partial charge is 0.191 e. The molecule has 110 valence electrons. The molecule has 0 fully saturated rings. The number of nitrogens with one attached hydrogen (secondary N) is 2. The monoisotopic (exact) mass is 371 g/mol. The van der Waals surface area contributed by atoms with Crippen LogP contribution in [0.5, 0.6) is 0 Å². The van der Waals surface area contributed by atoms with Crippen molar-refractivity contribution in [3.63, 3.8) is 0 Å². The van der Waals surface area contributed by atoms with E-state index in [1.165, 1.54) is 6.42 Å². The molecule has 18 heavy (non-hydrogen) atoms. The first kappa shape index (κ1) is 20.3. The molecule has 4 nitrogen and oxygen atoms in total. The molecular weight excluding hydrogens is 341 g/mol. The normalized spacial score (nSPS) is 10.9. The highest BCUT2D eigenvalue weighted by atomic mass is 127. The number of nitrogens with zero attached hydrogens (tertiary/aromatic N) is 1.